The molecule has 0 amide bonds. The largest absolute Gasteiger partial charge is 0.280 e. The van der Waals surface area contributed by atoms with Crippen molar-refractivity contribution in [2.24, 2.45) is 5.14 Å². The van der Waals surface area contributed by atoms with Crippen molar-refractivity contribution in [1.29, 1.82) is 0 Å². The van der Waals surface area contributed by atoms with E-state index < -0.39 is 20.0 Å². The molecule has 2 aromatic carbocycles. The Morgan fingerprint density at radius 1 is 1.05 bits per heavy atom. The number of benzene rings is 2. The summed E-state index contributed by atoms with van der Waals surface area (Å²) >= 11 is 5.77. The molecule has 0 aliphatic heterocycles. The molecule has 0 saturated carbocycles. The molecule has 3 N–H and O–H groups in total. The summed E-state index contributed by atoms with van der Waals surface area (Å²) in [5.74, 6) is 0. The van der Waals surface area contributed by atoms with Crippen molar-refractivity contribution >= 4 is 37.3 Å². The molecular formula is C13H13ClN2O4S2. The van der Waals surface area contributed by atoms with Gasteiger partial charge in [0.05, 0.1) is 15.5 Å². The number of rotatable bonds is 4. The van der Waals surface area contributed by atoms with Gasteiger partial charge in [-0.1, -0.05) is 23.7 Å². The van der Waals surface area contributed by atoms with E-state index in [1.54, 1.807) is 13.0 Å². The van der Waals surface area contributed by atoms with E-state index in [1.807, 2.05) is 0 Å². The number of primary sulfonamides is 1. The molecule has 22 heavy (non-hydrogen) atoms. The van der Waals surface area contributed by atoms with Crippen LogP contribution in [0.5, 0.6) is 0 Å². The minimum Gasteiger partial charge on any atom is -0.280 e. The van der Waals surface area contributed by atoms with E-state index in [0.717, 1.165) is 0 Å². The highest BCUT2D eigenvalue weighted by molar-refractivity contribution is 7.92. The highest BCUT2D eigenvalue weighted by Gasteiger charge is 2.17. The maximum atomic E-state index is 12.2. The van der Waals surface area contributed by atoms with E-state index in [9.17, 15) is 16.8 Å². The fourth-order valence-corrected chi connectivity index (χ4v) is 3.98. The number of aryl methyl sites for hydroxylation is 1. The Balaban J connectivity index is 2.43. The summed E-state index contributed by atoms with van der Waals surface area (Å²) in [6, 6.07) is 9.81. The summed E-state index contributed by atoms with van der Waals surface area (Å²) in [6.45, 7) is 1.56. The molecule has 0 unspecified atom stereocenters. The highest BCUT2D eigenvalue weighted by Crippen LogP contribution is 2.23. The molecule has 0 atom stereocenters. The van der Waals surface area contributed by atoms with Crippen LogP contribution in [0.3, 0.4) is 0 Å². The lowest BCUT2D eigenvalue weighted by Gasteiger charge is -2.11. The van der Waals surface area contributed by atoms with Gasteiger partial charge in [-0.05, 0) is 42.8 Å². The molecule has 118 valence electrons. The molecule has 0 fully saturated rings. The van der Waals surface area contributed by atoms with Gasteiger partial charge in [-0.2, -0.15) is 0 Å². The number of nitrogens with two attached hydrogens (primary N) is 1. The van der Waals surface area contributed by atoms with Crippen molar-refractivity contribution in [3.8, 4) is 0 Å². The van der Waals surface area contributed by atoms with Gasteiger partial charge in [0.15, 0.2) is 0 Å². The fourth-order valence-electron chi connectivity index (χ4n) is 1.82. The number of hydrogen-bond donors (Lipinski definition) is 2. The Morgan fingerprint density at radius 2 is 1.73 bits per heavy atom. The summed E-state index contributed by atoms with van der Waals surface area (Å²) in [7, 11) is -7.82. The first kappa shape index (κ1) is 16.8. The van der Waals surface area contributed by atoms with Gasteiger partial charge in [-0.15, -0.1) is 0 Å². The zero-order valence-electron chi connectivity index (χ0n) is 11.4. The predicted octanol–water partition coefficient (Wildman–Crippen LogP) is 2.10. The average Bonchev–Trinajstić information content (AvgIpc) is 2.39. The molecule has 9 heteroatoms. The first-order chi connectivity index (χ1) is 10.1. The Bertz CT molecular complexity index is 925. The van der Waals surface area contributed by atoms with E-state index in [2.05, 4.69) is 4.72 Å². The Labute approximate surface area is 134 Å². The topological polar surface area (TPSA) is 106 Å². The van der Waals surface area contributed by atoms with Gasteiger partial charge in [0.1, 0.15) is 0 Å². The Kier molecular flexibility index (Phi) is 4.48. The van der Waals surface area contributed by atoms with Crippen LogP contribution in [-0.4, -0.2) is 16.8 Å². The van der Waals surface area contributed by atoms with Crippen LogP contribution in [0.1, 0.15) is 5.56 Å². The Morgan fingerprint density at radius 3 is 2.32 bits per heavy atom. The molecule has 2 rings (SSSR count). The summed E-state index contributed by atoms with van der Waals surface area (Å²) in [4.78, 5) is -0.170. The lowest BCUT2D eigenvalue weighted by molar-refractivity contribution is 0.596. The molecule has 0 heterocycles. The lowest BCUT2D eigenvalue weighted by atomic mass is 10.2. The number of sulfonamides is 2. The van der Waals surface area contributed by atoms with E-state index in [4.69, 9.17) is 16.7 Å². The first-order valence-electron chi connectivity index (χ1n) is 6.01. The van der Waals surface area contributed by atoms with Gasteiger partial charge in [-0.25, -0.2) is 22.0 Å². The van der Waals surface area contributed by atoms with Gasteiger partial charge < -0.3 is 0 Å². The van der Waals surface area contributed by atoms with Crippen LogP contribution in [0.4, 0.5) is 5.69 Å². The van der Waals surface area contributed by atoms with E-state index >= 15 is 0 Å². The molecule has 0 aliphatic rings. The maximum absolute atomic E-state index is 12.2. The van der Waals surface area contributed by atoms with E-state index in [-0.39, 0.29) is 20.5 Å². The summed E-state index contributed by atoms with van der Waals surface area (Å²) in [5.41, 5.74) is 0.516. The summed E-state index contributed by atoms with van der Waals surface area (Å²) in [6.07, 6.45) is 0. The molecule has 2 aromatic rings. The van der Waals surface area contributed by atoms with E-state index in [1.165, 1.54) is 36.4 Å². The SMILES string of the molecule is Cc1ccc(NS(=O)(=O)c2cccc(Cl)c2)cc1S(N)(=O)=O. The molecule has 0 aromatic heterocycles. The second-order valence-corrected chi connectivity index (χ2v) is 8.24. The van der Waals surface area contributed by atoms with Crippen LogP contribution >= 0.6 is 11.6 Å². The first-order valence-corrected chi connectivity index (χ1v) is 9.42. The zero-order valence-corrected chi connectivity index (χ0v) is 13.8. The number of hydrogen-bond acceptors (Lipinski definition) is 4. The smallest absolute Gasteiger partial charge is 0.261 e. The summed E-state index contributed by atoms with van der Waals surface area (Å²) < 4.78 is 49.7. The van der Waals surface area contributed by atoms with Gasteiger partial charge in [-0.3, -0.25) is 4.72 Å². The number of nitrogens with one attached hydrogen (secondary N) is 1. The van der Waals surface area contributed by atoms with E-state index in [0.29, 0.717) is 5.56 Å². The Hall–Kier alpha value is -1.61. The average molecular weight is 361 g/mol. The normalized spacial score (nSPS) is 12.1. The van der Waals surface area contributed by atoms with Crippen molar-refractivity contribution in [2.45, 2.75) is 16.7 Å². The molecule has 6 nitrogen and oxygen atoms in total. The zero-order chi connectivity index (χ0) is 16.5. The van der Waals surface area contributed by atoms with Gasteiger partial charge in [0, 0.05) is 5.02 Å². The highest BCUT2D eigenvalue weighted by atomic mass is 35.5. The van der Waals surface area contributed by atoms with Crippen LogP contribution in [0.25, 0.3) is 0 Å². The number of halogens is 1. The second-order valence-electron chi connectivity index (χ2n) is 4.59. The van der Waals surface area contributed by atoms with Gasteiger partial charge in [0.2, 0.25) is 10.0 Å². The molecule has 0 radical (unpaired) electrons. The quantitative estimate of drug-likeness (QED) is 0.870. The fraction of sp³-hybridized carbons (Fsp3) is 0.0769. The standard InChI is InChI=1S/C13H13ClN2O4S2/c1-9-5-6-11(8-13(9)21(15,17)18)16-22(19,20)12-4-2-3-10(14)7-12/h2-8,16H,1H3,(H2,15,17,18). The van der Waals surface area contributed by atoms with Crippen molar-refractivity contribution in [3.05, 3.63) is 53.1 Å². The second kappa shape index (κ2) is 5.88. The third kappa shape index (κ3) is 3.77. The molecule has 0 bridgehead atoms. The maximum Gasteiger partial charge on any atom is 0.261 e. The van der Waals surface area contributed by atoms with Crippen LogP contribution in [0, 0.1) is 6.92 Å². The minimum absolute atomic E-state index is 0.0299. The molecule has 0 saturated heterocycles. The van der Waals surface area contributed by atoms with Crippen LogP contribution < -0.4 is 9.86 Å². The molecular weight excluding hydrogens is 348 g/mol. The monoisotopic (exact) mass is 360 g/mol. The third-order valence-electron chi connectivity index (χ3n) is 2.85. The third-order valence-corrected chi connectivity index (χ3v) is 5.52. The van der Waals surface area contributed by atoms with Crippen molar-refractivity contribution in [3.63, 3.8) is 0 Å². The number of anilines is 1. The van der Waals surface area contributed by atoms with Crippen molar-refractivity contribution in [2.75, 3.05) is 4.72 Å². The van der Waals surface area contributed by atoms with Crippen LogP contribution in [0.15, 0.2) is 52.3 Å². The van der Waals surface area contributed by atoms with Gasteiger partial charge >= 0.3 is 0 Å². The van der Waals surface area contributed by atoms with Crippen molar-refractivity contribution in [1.82, 2.24) is 0 Å². The van der Waals surface area contributed by atoms with Crippen LogP contribution in [0.2, 0.25) is 5.02 Å². The van der Waals surface area contributed by atoms with Gasteiger partial charge in [0.25, 0.3) is 10.0 Å². The minimum atomic E-state index is -3.94. The lowest BCUT2D eigenvalue weighted by Crippen LogP contribution is -2.16. The predicted molar refractivity (Wildman–Crippen MR) is 84.8 cm³/mol. The van der Waals surface area contributed by atoms with Crippen molar-refractivity contribution < 1.29 is 16.8 Å². The summed E-state index contributed by atoms with van der Waals surface area (Å²) in [5, 5.41) is 5.37. The molecule has 0 aliphatic carbocycles. The van der Waals surface area contributed by atoms with Crippen LogP contribution in [-0.2, 0) is 20.0 Å². The molecule has 0 spiro atoms.